The SMILES string of the molecule is CCCCOC(=O)C(C)(C)CC(C)(CC(C)(CC(CC)C(=O)O[Si]C(C)C)C(=O)OCCOCC)C(=O)OC. The van der Waals surface area contributed by atoms with Crippen molar-refractivity contribution in [3.8, 4) is 0 Å². The molecular formula is C29H52O9Si. The number of unbranched alkanes of at least 4 members (excludes halogenated alkanes) is 1. The van der Waals surface area contributed by atoms with Crippen molar-refractivity contribution in [3.05, 3.63) is 0 Å². The summed E-state index contributed by atoms with van der Waals surface area (Å²) in [5.41, 5.74) is -3.34. The molecule has 2 radical (unpaired) electrons. The molecule has 0 N–H and O–H groups in total. The van der Waals surface area contributed by atoms with Crippen LogP contribution in [-0.2, 0) is 42.6 Å². The van der Waals surface area contributed by atoms with Gasteiger partial charge in [-0.3, -0.25) is 19.2 Å². The lowest BCUT2D eigenvalue weighted by atomic mass is 9.63. The van der Waals surface area contributed by atoms with E-state index in [9.17, 15) is 19.2 Å². The number of esters is 3. The van der Waals surface area contributed by atoms with E-state index in [0.29, 0.717) is 19.6 Å². The van der Waals surface area contributed by atoms with Crippen molar-refractivity contribution in [2.45, 2.75) is 106 Å². The fraction of sp³-hybridized carbons (Fsp3) is 0.862. The van der Waals surface area contributed by atoms with Crippen LogP contribution in [0, 0.1) is 22.2 Å². The summed E-state index contributed by atoms with van der Waals surface area (Å²) in [5, 5.41) is 0. The first kappa shape index (κ1) is 37.1. The summed E-state index contributed by atoms with van der Waals surface area (Å²) in [6.07, 6.45) is 2.28. The number of carbonyl (C=O) groups is 4. The van der Waals surface area contributed by atoms with Crippen molar-refractivity contribution >= 4 is 33.6 Å². The van der Waals surface area contributed by atoms with Gasteiger partial charge in [0.05, 0.1) is 42.5 Å². The predicted molar refractivity (Wildman–Crippen MR) is 150 cm³/mol. The summed E-state index contributed by atoms with van der Waals surface area (Å²) in [6, 6.07) is 0. The topological polar surface area (TPSA) is 114 Å². The van der Waals surface area contributed by atoms with Crippen LogP contribution in [-0.4, -0.2) is 67.2 Å². The molecule has 39 heavy (non-hydrogen) atoms. The van der Waals surface area contributed by atoms with Crippen molar-refractivity contribution < 1.29 is 42.6 Å². The normalized spacial score (nSPS) is 15.6. The molecule has 3 unspecified atom stereocenters. The molecule has 0 aliphatic heterocycles. The largest absolute Gasteiger partial charge is 0.516 e. The highest BCUT2D eigenvalue weighted by atomic mass is 28.2. The number of methoxy groups -OCH3 is 1. The molecule has 0 fully saturated rings. The zero-order valence-electron chi connectivity index (χ0n) is 25.9. The van der Waals surface area contributed by atoms with Crippen LogP contribution in [0.1, 0.15) is 101 Å². The first-order valence-corrected chi connectivity index (χ1v) is 15.1. The van der Waals surface area contributed by atoms with E-state index >= 15 is 0 Å². The summed E-state index contributed by atoms with van der Waals surface area (Å²) in [5.74, 6) is -2.47. The molecule has 0 amide bonds. The Morgan fingerprint density at radius 3 is 1.92 bits per heavy atom. The standard InChI is InChI=1S/C29H52O9Si/c1-11-14-15-36-24(31)27(6,7)19-29(9,25(32)34-10)20-28(8,26(33)37-17-16-35-13-3)18-22(12-2)23(30)38-39-21(4)5/h21-22H,11-20H2,1-10H3. The Morgan fingerprint density at radius 1 is 0.795 bits per heavy atom. The molecular weight excluding hydrogens is 520 g/mol. The third kappa shape index (κ3) is 12.8. The minimum absolute atomic E-state index is 0.00204. The smallest absolute Gasteiger partial charge is 0.317 e. The minimum atomic E-state index is -1.25. The fourth-order valence-corrected chi connectivity index (χ4v) is 5.32. The first-order chi connectivity index (χ1) is 18.1. The van der Waals surface area contributed by atoms with Crippen LogP contribution in [0.3, 0.4) is 0 Å². The summed E-state index contributed by atoms with van der Waals surface area (Å²) < 4.78 is 27.0. The quantitative estimate of drug-likeness (QED) is 0.0828. The van der Waals surface area contributed by atoms with E-state index in [-0.39, 0.29) is 53.7 Å². The Hall–Kier alpha value is -1.94. The van der Waals surface area contributed by atoms with Crippen molar-refractivity contribution in [2.75, 3.05) is 33.5 Å². The van der Waals surface area contributed by atoms with Crippen LogP contribution in [0.25, 0.3) is 0 Å². The molecule has 10 heteroatoms. The predicted octanol–water partition coefficient (Wildman–Crippen LogP) is 5.31. The van der Waals surface area contributed by atoms with Gasteiger partial charge in [-0.2, -0.15) is 0 Å². The summed E-state index contributed by atoms with van der Waals surface area (Å²) in [6.45, 7) is 17.5. The van der Waals surface area contributed by atoms with Gasteiger partial charge in [-0.05, 0) is 72.3 Å². The van der Waals surface area contributed by atoms with E-state index < -0.39 is 40.1 Å². The lowest BCUT2D eigenvalue weighted by Crippen LogP contribution is -2.45. The van der Waals surface area contributed by atoms with Crippen LogP contribution in [0.2, 0.25) is 5.54 Å². The van der Waals surface area contributed by atoms with Gasteiger partial charge < -0.3 is 23.4 Å². The second-order valence-electron chi connectivity index (χ2n) is 11.7. The zero-order valence-corrected chi connectivity index (χ0v) is 26.9. The van der Waals surface area contributed by atoms with Gasteiger partial charge in [-0.1, -0.05) is 34.1 Å². The molecule has 226 valence electrons. The molecule has 0 saturated heterocycles. The lowest BCUT2D eigenvalue weighted by molar-refractivity contribution is -0.169. The highest BCUT2D eigenvalue weighted by Gasteiger charge is 2.51. The average molecular weight is 573 g/mol. The summed E-state index contributed by atoms with van der Waals surface area (Å²) in [7, 11) is 1.29. The molecule has 9 nitrogen and oxygen atoms in total. The van der Waals surface area contributed by atoms with E-state index in [4.69, 9.17) is 23.4 Å². The van der Waals surface area contributed by atoms with E-state index in [1.54, 1.807) is 27.7 Å². The molecule has 0 aromatic rings. The third-order valence-electron chi connectivity index (χ3n) is 6.65. The van der Waals surface area contributed by atoms with Crippen LogP contribution in [0.5, 0.6) is 0 Å². The lowest BCUT2D eigenvalue weighted by Gasteiger charge is -2.40. The van der Waals surface area contributed by atoms with Crippen molar-refractivity contribution in [1.82, 2.24) is 0 Å². The number of carbonyl (C=O) groups excluding carboxylic acids is 4. The van der Waals surface area contributed by atoms with Crippen molar-refractivity contribution in [2.24, 2.45) is 22.2 Å². The molecule has 0 spiro atoms. The van der Waals surface area contributed by atoms with Gasteiger partial charge in [-0.15, -0.1) is 0 Å². The maximum Gasteiger partial charge on any atom is 0.317 e. The van der Waals surface area contributed by atoms with Gasteiger partial charge in [0.2, 0.25) is 0 Å². The van der Waals surface area contributed by atoms with Crippen LogP contribution in [0.15, 0.2) is 0 Å². The highest BCUT2D eigenvalue weighted by molar-refractivity contribution is 6.32. The van der Waals surface area contributed by atoms with Gasteiger partial charge in [-0.25, -0.2) is 0 Å². The van der Waals surface area contributed by atoms with Gasteiger partial charge in [0.25, 0.3) is 5.97 Å². The molecule has 0 bridgehead atoms. The maximum atomic E-state index is 13.6. The Labute approximate surface area is 238 Å². The molecule has 3 atom stereocenters. The van der Waals surface area contributed by atoms with Crippen molar-refractivity contribution in [1.29, 1.82) is 0 Å². The maximum absolute atomic E-state index is 13.6. The van der Waals surface area contributed by atoms with E-state index in [1.165, 1.54) is 7.11 Å². The second-order valence-corrected chi connectivity index (χ2v) is 13.3. The molecule has 0 saturated carbocycles. The monoisotopic (exact) mass is 572 g/mol. The molecule has 0 aromatic heterocycles. The second kappa shape index (κ2) is 17.7. The van der Waals surface area contributed by atoms with Gasteiger partial charge >= 0.3 is 27.7 Å². The Kier molecular flexibility index (Phi) is 16.8. The minimum Gasteiger partial charge on any atom is -0.516 e. The van der Waals surface area contributed by atoms with Crippen LogP contribution >= 0.6 is 0 Å². The molecule has 0 rings (SSSR count). The zero-order chi connectivity index (χ0) is 30.3. The van der Waals surface area contributed by atoms with E-state index in [1.807, 2.05) is 34.6 Å². The summed E-state index contributed by atoms with van der Waals surface area (Å²) >= 11 is 0. The van der Waals surface area contributed by atoms with Crippen LogP contribution < -0.4 is 0 Å². The first-order valence-electron chi connectivity index (χ1n) is 14.1. The number of hydrogen-bond donors (Lipinski definition) is 0. The highest BCUT2D eigenvalue weighted by Crippen LogP contribution is 2.47. The van der Waals surface area contributed by atoms with Crippen LogP contribution in [0.4, 0.5) is 0 Å². The van der Waals surface area contributed by atoms with Crippen molar-refractivity contribution in [3.63, 3.8) is 0 Å². The summed E-state index contributed by atoms with van der Waals surface area (Å²) in [4.78, 5) is 52.7. The molecule has 0 aliphatic carbocycles. The van der Waals surface area contributed by atoms with Gasteiger partial charge in [0.1, 0.15) is 6.61 Å². The van der Waals surface area contributed by atoms with Gasteiger partial charge in [0.15, 0.2) is 0 Å². The molecule has 0 heterocycles. The Morgan fingerprint density at radius 2 is 1.41 bits per heavy atom. The van der Waals surface area contributed by atoms with E-state index in [2.05, 4.69) is 0 Å². The third-order valence-corrected chi connectivity index (χ3v) is 7.44. The number of hydrogen-bond acceptors (Lipinski definition) is 9. The number of ether oxygens (including phenoxy) is 4. The Balaban J connectivity index is 6.24. The molecule has 0 aliphatic rings. The number of rotatable bonds is 20. The van der Waals surface area contributed by atoms with Gasteiger partial charge in [0, 0.05) is 6.61 Å². The average Bonchev–Trinajstić information content (AvgIpc) is 2.87. The Bertz CT molecular complexity index is 783. The molecule has 0 aromatic carbocycles. The van der Waals surface area contributed by atoms with E-state index in [0.717, 1.165) is 12.8 Å². The fourth-order valence-electron chi connectivity index (χ4n) is 4.80.